The van der Waals surface area contributed by atoms with Crippen LogP contribution >= 0.6 is 35.1 Å². The smallest absolute Gasteiger partial charge is 0.202 e. The molecule has 2 heterocycles. The fourth-order valence-corrected chi connectivity index (χ4v) is 4.42. The SMILES string of the molecule is Cc1nsc(NCC2CSCCS2)n1. The summed E-state index contributed by atoms with van der Waals surface area (Å²) in [6.45, 7) is 2.94. The predicted molar refractivity (Wildman–Crippen MR) is 66.7 cm³/mol. The lowest BCUT2D eigenvalue weighted by Gasteiger charge is -2.20. The Morgan fingerprint density at radius 3 is 3.07 bits per heavy atom. The maximum atomic E-state index is 4.28. The Morgan fingerprint density at radius 1 is 1.50 bits per heavy atom. The van der Waals surface area contributed by atoms with Gasteiger partial charge in [0.2, 0.25) is 5.13 Å². The van der Waals surface area contributed by atoms with Crippen LogP contribution in [0.25, 0.3) is 0 Å². The molecule has 1 aromatic heterocycles. The number of aromatic nitrogens is 2. The lowest BCUT2D eigenvalue weighted by molar-refractivity contribution is 0.997. The Balaban J connectivity index is 1.76. The van der Waals surface area contributed by atoms with Crippen LogP contribution in [0.4, 0.5) is 5.13 Å². The van der Waals surface area contributed by atoms with Crippen LogP contribution in [-0.2, 0) is 0 Å². The van der Waals surface area contributed by atoms with Crippen molar-refractivity contribution in [2.45, 2.75) is 12.2 Å². The third-order valence-electron chi connectivity index (χ3n) is 1.89. The minimum absolute atomic E-state index is 0.734. The van der Waals surface area contributed by atoms with Gasteiger partial charge < -0.3 is 5.32 Å². The van der Waals surface area contributed by atoms with Crippen LogP contribution in [0, 0.1) is 6.92 Å². The summed E-state index contributed by atoms with van der Waals surface area (Å²) in [6.07, 6.45) is 0. The molecule has 1 fully saturated rings. The van der Waals surface area contributed by atoms with E-state index in [4.69, 9.17) is 0 Å². The number of anilines is 1. The minimum Gasteiger partial charge on any atom is -0.359 e. The summed E-state index contributed by atoms with van der Waals surface area (Å²) in [5, 5.41) is 5.04. The zero-order chi connectivity index (χ0) is 9.80. The normalized spacial score (nSPS) is 22.2. The summed E-state index contributed by atoms with van der Waals surface area (Å²) < 4.78 is 4.14. The fourth-order valence-electron chi connectivity index (χ4n) is 1.22. The summed E-state index contributed by atoms with van der Waals surface area (Å²) >= 11 is 5.56. The summed E-state index contributed by atoms with van der Waals surface area (Å²) in [5.41, 5.74) is 0. The molecule has 14 heavy (non-hydrogen) atoms. The Labute approximate surface area is 96.6 Å². The lowest BCUT2D eigenvalue weighted by Crippen LogP contribution is -2.23. The molecule has 1 aliphatic heterocycles. The fraction of sp³-hybridized carbons (Fsp3) is 0.750. The molecule has 0 spiro atoms. The third-order valence-corrected chi connectivity index (χ3v) is 5.50. The summed E-state index contributed by atoms with van der Waals surface area (Å²) in [6, 6.07) is 0. The average molecular weight is 247 g/mol. The van der Waals surface area contributed by atoms with Crippen molar-refractivity contribution in [1.82, 2.24) is 9.36 Å². The second-order valence-electron chi connectivity index (χ2n) is 3.10. The van der Waals surface area contributed by atoms with E-state index in [-0.39, 0.29) is 0 Å². The number of hydrogen-bond acceptors (Lipinski definition) is 6. The average Bonchev–Trinajstić information content (AvgIpc) is 2.63. The number of nitrogens with zero attached hydrogens (tertiary/aromatic N) is 2. The van der Waals surface area contributed by atoms with Gasteiger partial charge in [-0.2, -0.15) is 27.9 Å². The van der Waals surface area contributed by atoms with E-state index in [1.54, 1.807) is 0 Å². The molecule has 0 amide bonds. The van der Waals surface area contributed by atoms with Gasteiger partial charge in [-0.1, -0.05) is 0 Å². The topological polar surface area (TPSA) is 37.8 Å². The Kier molecular flexibility index (Phi) is 3.95. The van der Waals surface area contributed by atoms with E-state index in [0.717, 1.165) is 22.8 Å². The maximum Gasteiger partial charge on any atom is 0.202 e. The number of thioether (sulfide) groups is 2. The first-order valence-corrected chi connectivity index (χ1v) is 7.56. The summed E-state index contributed by atoms with van der Waals surface area (Å²) in [5.74, 6) is 4.71. The van der Waals surface area contributed by atoms with E-state index in [2.05, 4.69) is 26.4 Å². The van der Waals surface area contributed by atoms with Gasteiger partial charge in [-0.25, -0.2) is 4.98 Å². The van der Waals surface area contributed by atoms with Crippen molar-refractivity contribution < 1.29 is 0 Å². The zero-order valence-electron chi connectivity index (χ0n) is 8.02. The minimum atomic E-state index is 0.734. The molecule has 1 atom stereocenters. The molecule has 0 aromatic carbocycles. The molecule has 0 radical (unpaired) electrons. The van der Waals surface area contributed by atoms with Crippen LogP contribution in [0.5, 0.6) is 0 Å². The summed E-state index contributed by atoms with van der Waals surface area (Å²) in [4.78, 5) is 4.28. The van der Waals surface area contributed by atoms with Gasteiger partial charge >= 0.3 is 0 Å². The molecule has 78 valence electrons. The zero-order valence-corrected chi connectivity index (χ0v) is 10.5. The third kappa shape index (κ3) is 3.03. The van der Waals surface area contributed by atoms with Crippen molar-refractivity contribution in [1.29, 1.82) is 0 Å². The first-order chi connectivity index (χ1) is 6.84. The quantitative estimate of drug-likeness (QED) is 0.885. The van der Waals surface area contributed by atoms with E-state index in [1.165, 1.54) is 28.8 Å². The molecule has 1 unspecified atom stereocenters. The van der Waals surface area contributed by atoms with Crippen molar-refractivity contribution in [3.05, 3.63) is 5.82 Å². The molecule has 1 saturated heterocycles. The molecule has 0 bridgehead atoms. The number of hydrogen-bond donors (Lipinski definition) is 1. The van der Waals surface area contributed by atoms with Gasteiger partial charge in [0.05, 0.1) is 0 Å². The van der Waals surface area contributed by atoms with E-state index in [1.807, 2.05) is 18.7 Å². The molecule has 2 rings (SSSR count). The first kappa shape index (κ1) is 10.6. The molecular formula is C8H13N3S3. The van der Waals surface area contributed by atoms with Crippen LogP contribution in [-0.4, -0.2) is 38.4 Å². The lowest BCUT2D eigenvalue weighted by atomic mass is 10.5. The highest BCUT2D eigenvalue weighted by molar-refractivity contribution is 8.06. The van der Waals surface area contributed by atoms with Crippen molar-refractivity contribution in [3.63, 3.8) is 0 Å². The maximum absolute atomic E-state index is 4.28. The van der Waals surface area contributed by atoms with Crippen molar-refractivity contribution in [3.8, 4) is 0 Å². The Bertz CT molecular complexity index is 283. The van der Waals surface area contributed by atoms with Gasteiger partial charge in [0.1, 0.15) is 5.82 Å². The van der Waals surface area contributed by atoms with E-state index < -0.39 is 0 Å². The molecule has 1 N–H and O–H groups in total. The number of nitrogens with one attached hydrogen (secondary N) is 1. The van der Waals surface area contributed by atoms with E-state index in [9.17, 15) is 0 Å². The summed E-state index contributed by atoms with van der Waals surface area (Å²) in [7, 11) is 0. The van der Waals surface area contributed by atoms with Crippen LogP contribution < -0.4 is 5.32 Å². The highest BCUT2D eigenvalue weighted by atomic mass is 32.2. The molecule has 0 aliphatic carbocycles. The Morgan fingerprint density at radius 2 is 2.43 bits per heavy atom. The monoisotopic (exact) mass is 247 g/mol. The Hall–Kier alpha value is 0.0600. The van der Waals surface area contributed by atoms with Crippen LogP contribution in [0.15, 0.2) is 0 Å². The molecule has 1 aliphatic rings. The van der Waals surface area contributed by atoms with E-state index >= 15 is 0 Å². The van der Waals surface area contributed by atoms with Crippen LogP contribution in [0.1, 0.15) is 5.82 Å². The van der Waals surface area contributed by atoms with Crippen LogP contribution in [0.3, 0.4) is 0 Å². The standard InChI is InChI=1S/C8H13N3S3/c1-6-10-8(14-11-6)9-4-7-5-12-2-3-13-7/h7H,2-5H2,1H3,(H,9,10,11). The first-order valence-electron chi connectivity index (χ1n) is 4.58. The van der Waals surface area contributed by atoms with Gasteiger partial charge in [-0.05, 0) is 6.92 Å². The largest absolute Gasteiger partial charge is 0.359 e. The van der Waals surface area contributed by atoms with Gasteiger partial charge in [0, 0.05) is 40.6 Å². The predicted octanol–water partition coefficient (Wildman–Crippen LogP) is 2.11. The van der Waals surface area contributed by atoms with Gasteiger partial charge in [0.15, 0.2) is 0 Å². The van der Waals surface area contributed by atoms with Gasteiger partial charge in [-0.15, -0.1) is 0 Å². The number of aryl methyl sites for hydroxylation is 1. The highest BCUT2D eigenvalue weighted by Gasteiger charge is 2.14. The molecule has 6 heteroatoms. The van der Waals surface area contributed by atoms with Crippen LogP contribution in [0.2, 0.25) is 0 Å². The second-order valence-corrected chi connectivity index (χ2v) is 6.41. The molecule has 3 nitrogen and oxygen atoms in total. The van der Waals surface area contributed by atoms with Crippen molar-refractivity contribution in [2.24, 2.45) is 0 Å². The van der Waals surface area contributed by atoms with E-state index in [0.29, 0.717) is 0 Å². The molecular weight excluding hydrogens is 234 g/mol. The highest BCUT2D eigenvalue weighted by Crippen LogP contribution is 2.24. The second kappa shape index (κ2) is 5.23. The molecule has 1 aromatic rings. The van der Waals surface area contributed by atoms with Gasteiger partial charge in [0.25, 0.3) is 0 Å². The van der Waals surface area contributed by atoms with Crippen molar-refractivity contribution in [2.75, 3.05) is 29.1 Å². The molecule has 0 saturated carbocycles. The van der Waals surface area contributed by atoms with Crippen molar-refractivity contribution >= 4 is 40.2 Å². The number of rotatable bonds is 3. The van der Waals surface area contributed by atoms with Gasteiger partial charge in [-0.3, -0.25) is 0 Å².